The monoisotopic (exact) mass is 443 g/mol. The fourth-order valence-electron chi connectivity index (χ4n) is 3.36. The fourth-order valence-corrected chi connectivity index (χ4v) is 3.48. The SMILES string of the molecule is CCC(C)(C)c1ccc(OCCCC(=O)Nc2ccc(Cl)c(C)c2)c(C(C)(C)CC)c1. The summed E-state index contributed by atoms with van der Waals surface area (Å²) in [4.78, 5) is 12.3. The van der Waals surface area contributed by atoms with Crippen LogP contribution in [0.4, 0.5) is 5.69 Å². The lowest BCUT2D eigenvalue weighted by Gasteiger charge is -2.30. The number of nitrogens with one attached hydrogen (secondary N) is 1. The maximum Gasteiger partial charge on any atom is 0.224 e. The van der Waals surface area contributed by atoms with Gasteiger partial charge in [-0.05, 0) is 72.4 Å². The van der Waals surface area contributed by atoms with Crippen molar-refractivity contribution < 1.29 is 9.53 Å². The molecule has 0 unspecified atom stereocenters. The molecule has 31 heavy (non-hydrogen) atoms. The highest BCUT2D eigenvalue weighted by molar-refractivity contribution is 6.31. The summed E-state index contributed by atoms with van der Waals surface area (Å²) in [6.45, 7) is 16.0. The molecule has 1 amide bonds. The molecule has 0 bridgehead atoms. The van der Waals surface area contributed by atoms with Crippen LogP contribution in [-0.4, -0.2) is 12.5 Å². The van der Waals surface area contributed by atoms with E-state index in [-0.39, 0.29) is 16.7 Å². The van der Waals surface area contributed by atoms with Gasteiger partial charge in [-0.25, -0.2) is 0 Å². The first-order valence-electron chi connectivity index (χ1n) is 11.3. The quantitative estimate of drug-likeness (QED) is 0.380. The number of hydrogen-bond donors (Lipinski definition) is 1. The van der Waals surface area contributed by atoms with Crippen LogP contribution < -0.4 is 10.1 Å². The molecule has 0 spiro atoms. The van der Waals surface area contributed by atoms with E-state index < -0.39 is 0 Å². The second kappa shape index (κ2) is 10.5. The Bertz CT molecular complexity index is 902. The highest BCUT2D eigenvalue weighted by Crippen LogP contribution is 2.38. The number of amides is 1. The van der Waals surface area contributed by atoms with Crippen molar-refractivity contribution in [2.75, 3.05) is 11.9 Å². The first-order chi connectivity index (χ1) is 14.5. The summed E-state index contributed by atoms with van der Waals surface area (Å²) >= 11 is 6.05. The Kier molecular flexibility index (Phi) is 8.59. The second-order valence-corrected chi connectivity index (χ2v) is 10.1. The smallest absolute Gasteiger partial charge is 0.224 e. The van der Waals surface area contributed by atoms with Gasteiger partial charge in [0, 0.05) is 22.7 Å². The Morgan fingerprint density at radius 1 is 1.00 bits per heavy atom. The van der Waals surface area contributed by atoms with E-state index in [2.05, 4.69) is 65.1 Å². The van der Waals surface area contributed by atoms with Crippen LogP contribution >= 0.6 is 11.6 Å². The first kappa shape index (κ1) is 25.3. The summed E-state index contributed by atoms with van der Waals surface area (Å²) in [7, 11) is 0. The largest absolute Gasteiger partial charge is 0.493 e. The molecule has 0 saturated carbocycles. The Hall–Kier alpha value is -2.00. The lowest BCUT2D eigenvalue weighted by atomic mass is 9.76. The van der Waals surface area contributed by atoms with E-state index in [1.54, 1.807) is 6.07 Å². The standard InChI is InChI=1S/C27H38ClNO2/c1-8-26(4,5)20-12-15-24(22(18-20)27(6,7)9-2)31-16-10-11-25(30)29-21-13-14-23(28)19(3)17-21/h12-15,17-18H,8-11,16H2,1-7H3,(H,29,30). The fraction of sp³-hybridized carbons (Fsp3) is 0.519. The Balaban J connectivity index is 2.00. The second-order valence-electron chi connectivity index (χ2n) is 9.65. The molecule has 0 atom stereocenters. The number of anilines is 1. The van der Waals surface area contributed by atoms with Crippen molar-refractivity contribution in [1.82, 2.24) is 0 Å². The van der Waals surface area contributed by atoms with Crippen molar-refractivity contribution in [3.05, 3.63) is 58.1 Å². The zero-order valence-electron chi connectivity index (χ0n) is 20.2. The topological polar surface area (TPSA) is 38.3 Å². The normalized spacial score (nSPS) is 12.0. The van der Waals surface area contributed by atoms with E-state index in [9.17, 15) is 4.79 Å². The van der Waals surface area contributed by atoms with Crippen LogP contribution in [0.3, 0.4) is 0 Å². The zero-order valence-corrected chi connectivity index (χ0v) is 21.0. The Labute approximate surface area is 193 Å². The van der Waals surface area contributed by atoms with Crippen molar-refractivity contribution >= 4 is 23.2 Å². The molecule has 170 valence electrons. The van der Waals surface area contributed by atoms with Gasteiger partial charge in [-0.15, -0.1) is 0 Å². The molecule has 0 aliphatic rings. The molecule has 2 aromatic carbocycles. The zero-order chi connectivity index (χ0) is 23.2. The predicted molar refractivity (Wildman–Crippen MR) is 133 cm³/mol. The molecule has 0 saturated heterocycles. The molecule has 0 fully saturated rings. The summed E-state index contributed by atoms with van der Waals surface area (Å²) in [5, 5.41) is 3.63. The minimum Gasteiger partial charge on any atom is -0.493 e. The van der Waals surface area contributed by atoms with Crippen molar-refractivity contribution in [3.63, 3.8) is 0 Å². The average Bonchev–Trinajstić information content (AvgIpc) is 2.73. The molecular formula is C27H38ClNO2. The molecule has 0 aliphatic heterocycles. The summed E-state index contributed by atoms with van der Waals surface area (Å²) in [6, 6.07) is 12.1. The molecule has 0 radical (unpaired) electrons. The van der Waals surface area contributed by atoms with Crippen LogP contribution in [0.25, 0.3) is 0 Å². The molecule has 2 rings (SSSR count). The molecule has 0 heterocycles. The highest BCUT2D eigenvalue weighted by Gasteiger charge is 2.26. The van der Waals surface area contributed by atoms with Gasteiger partial charge in [0.2, 0.25) is 5.91 Å². The average molecular weight is 444 g/mol. The van der Waals surface area contributed by atoms with Crippen molar-refractivity contribution in [2.45, 2.75) is 85.0 Å². The third-order valence-electron chi connectivity index (χ3n) is 6.51. The van der Waals surface area contributed by atoms with Gasteiger partial charge in [-0.2, -0.15) is 0 Å². The number of carbonyl (C=O) groups is 1. The minimum absolute atomic E-state index is 0.0144. The highest BCUT2D eigenvalue weighted by atomic mass is 35.5. The minimum atomic E-state index is -0.0144. The van der Waals surface area contributed by atoms with Gasteiger partial charge in [-0.1, -0.05) is 65.3 Å². The van der Waals surface area contributed by atoms with Crippen molar-refractivity contribution in [3.8, 4) is 5.75 Å². The van der Waals surface area contributed by atoms with Crippen LogP contribution in [0, 0.1) is 6.92 Å². The van der Waals surface area contributed by atoms with Gasteiger partial charge >= 0.3 is 0 Å². The van der Waals surface area contributed by atoms with Gasteiger partial charge < -0.3 is 10.1 Å². The maximum atomic E-state index is 12.3. The van der Waals surface area contributed by atoms with Gasteiger partial charge in [0.1, 0.15) is 5.75 Å². The third kappa shape index (κ3) is 6.74. The maximum absolute atomic E-state index is 12.3. The Morgan fingerprint density at radius 3 is 2.29 bits per heavy atom. The van der Waals surface area contributed by atoms with E-state index in [1.807, 2.05) is 19.1 Å². The van der Waals surface area contributed by atoms with E-state index in [1.165, 1.54) is 11.1 Å². The molecular weight excluding hydrogens is 406 g/mol. The molecule has 2 aromatic rings. The van der Waals surface area contributed by atoms with Gasteiger partial charge in [0.05, 0.1) is 6.61 Å². The molecule has 0 aromatic heterocycles. The Morgan fingerprint density at radius 2 is 1.68 bits per heavy atom. The van der Waals surface area contributed by atoms with Gasteiger partial charge in [0.15, 0.2) is 0 Å². The lowest BCUT2D eigenvalue weighted by molar-refractivity contribution is -0.116. The first-order valence-corrected chi connectivity index (χ1v) is 11.7. The van der Waals surface area contributed by atoms with Crippen molar-refractivity contribution in [2.24, 2.45) is 0 Å². The van der Waals surface area contributed by atoms with E-state index in [0.717, 1.165) is 29.8 Å². The summed E-state index contributed by atoms with van der Waals surface area (Å²) < 4.78 is 6.16. The number of carbonyl (C=O) groups excluding carboxylic acids is 1. The van der Waals surface area contributed by atoms with Crippen LogP contribution in [0.2, 0.25) is 5.02 Å². The number of ether oxygens (including phenoxy) is 1. The molecule has 1 N–H and O–H groups in total. The van der Waals surface area contributed by atoms with Crippen LogP contribution in [0.5, 0.6) is 5.75 Å². The van der Waals surface area contributed by atoms with E-state index in [4.69, 9.17) is 16.3 Å². The summed E-state index contributed by atoms with van der Waals surface area (Å²) in [6.07, 6.45) is 3.19. The predicted octanol–water partition coefficient (Wildman–Crippen LogP) is 7.82. The van der Waals surface area contributed by atoms with Gasteiger partial charge in [-0.3, -0.25) is 4.79 Å². The third-order valence-corrected chi connectivity index (χ3v) is 6.93. The lowest BCUT2D eigenvalue weighted by Crippen LogP contribution is -2.21. The van der Waals surface area contributed by atoms with Crippen LogP contribution in [0.1, 0.15) is 83.9 Å². The summed E-state index contributed by atoms with van der Waals surface area (Å²) in [5.41, 5.74) is 4.47. The number of rotatable bonds is 10. The van der Waals surface area contributed by atoms with Crippen LogP contribution in [0.15, 0.2) is 36.4 Å². The number of hydrogen-bond acceptors (Lipinski definition) is 2. The van der Waals surface area contributed by atoms with E-state index >= 15 is 0 Å². The molecule has 3 nitrogen and oxygen atoms in total. The van der Waals surface area contributed by atoms with Gasteiger partial charge in [0.25, 0.3) is 0 Å². The van der Waals surface area contributed by atoms with Crippen LogP contribution in [-0.2, 0) is 15.6 Å². The summed E-state index contributed by atoms with van der Waals surface area (Å²) in [5.74, 6) is 0.913. The number of benzene rings is 2. The number of aryl methyl sites for hydroxylation is 1. The molecule has 0 aliphatic carbocycles. The molecule has 4 heteroatoms. The van der Waals surface area contributed by atoms with Crippen molar-refractivity contribution in [1.29, 1.82) is 0 Å². The number of halogens is 1. The van der Waals surface area contributed by atoms with E-state index in [0.29, 0.717) is 24.5 Å².